The third-order valence-corrected chi connectivity index (χ3v) is 7.15. The van der Waals surface area contributed by atoms with Gasteiger partial charge < -0.3 is 10.1 Å². The number of nitrogens with one attached hydrogen (secondary N) is 1. The maximum absolute atomic E-state index is 12.5. The van der Waals surface area contributed by atoms with Crippen molar-refractivity contribution in [2.75, 3.05) is 25.0 Å². The van der Waals surface area contributed by atoms with Crippen molar-refractivity contribution in [3.8, 4) is 5.75 Å². The predicted molar refractivity (Wildman–Crippen MR) is 113 cm³/mol. The molecule has 0 radical (unpaired) electrons. The zero-order chi connectivity index (χ0) is 20.3. The topological polar surface area (TPSA) is 75.7 Å². The van der Waals surface area contributed by atoms with E-state index in [2.05, 4.69) is 21.2 Å². The van der Waals surface area contributed by atoms with Gasteiger partial charge >= 0.3 is 0 Å². The Morgan fingerprint density at radius 2 is 1.79 bits per heavy atom. The number of benzene rings is 2. The molecule has 1 N–H and O–H groups in total. The molecular formula is C18H17BrCl2N2O4S. The van der Waals surface area contributed by atoms with Gasteiger partial charge in [0, 0.05) is 23.8 Å². The van der Waals surface area contributed by atoms with Gasteiger partial charge in [-0.3, -0.25) is 4.79 Å². The van der Waals surface area contributed by atoms with Gasteiger partial charge in [0.2, 0.25) is 10.0 Å². The molecule has 0 bridgehead atoms. The van der Waals surface area contributed by atoms with Crippen LogP contribution in [0.1, 0.15) is 12.8 Å². The van der Waals surface area contributed by atoms with E-state index >= 15 is 0 Å². The highest BCUT2D eigenvalue weighted by Crippen LogP contribution is 2.36. The second-order valence-corrected chi connectivity index (χ2v) is 9.81. The minimum atomic E-state index is -3.48. The summed E-state index contributed by atoms with van der Waals surface area (Å²) in [6.07, 6.45) is 1.75. The van der Waals surface area contributed by atoms with Crippen LogP contribution in [0.3, 0.4) is 0 Å². The van der Waals surface area contributed by atoms with Crippen LogP contribution in [0, 0.1) is 0 Å². The fourth-order valence-corrected chi connectivity index (χ4v) is 5.68. The average molecular weight is 508 g/mol. The van der Waals surface area contributed by atoms with Gasteiger partial charge in [-0.25, -0.2) is 8.42 Å². The summed E-state index contributed by atoms with van der Waals surface area (Å²) in [6, 6.07) is 9.19. The smallest absolute Gasteiger partial charge is 0.262 e. The molecule has 10 heteroatoms. The summed E-state index contributed by atoms with van der Waals surface area (Å²) >= 11 is 15.2. The SMILES string of the molecule is O=C(COc1c(Cl)cc(Cl)cc1Br)Nc1ccc(S(=O)(=O)N2CCCC2)cc1. The lowest BCUT2D eigenvalue weighted by Gasteiger charge is -2.15. The molecule has 0 aliphatic carbocycles. The first kappa shape index (κ1) is 21.4. The third kappa shape index (κ3) is 4.99. The van der Waals surface area contributed by atoms with E-state index in [9.17, 15) is 13.2 Å². The highest BCUT2D eigenvalue weighted by Gasteiger charge is 2.26. The fraction of sp³-hybridized carbons (Fsp3) is 0.278. The molecule has 0 spiro atoms. The van der Waals surface area contributed by atoms with Crippen molar-refractivity contribution in [1.82, 2.24) is 4.31 Å². The summed E-state index contributed by atoms with van der Waals surface area (Å²) in [7, 11) is -3.48. The van der Waals surface area contributed by atoms with Gasteiger partial charge in [0.1, 0.15) is 0 Å². The van der Waals surface area contributed by atoms with Gasteiger partial charge in [0.05, 0.1) is 14.4 Å². The van der Waals surface area contributed by atoms with Gasteiger partial charge in [-0.1, -0.05) is 23.2 Å². The third-order valence-electron chi connectivity index (χ3n) is 4.15. The first-order valence-corrected chi connectivity index (χ1v) is 11.4. The van der Waals surface area contributed by atoms with Crippen LogP contribution in [0.5, 0.6) is 5.75 Å². The molecule has 6 nitrogen and oxygen atoms in total. The fourth-order valence-electron chi connectivity index (χ4n) is 2.79. The van der Waals surface area contributed by atoms with E-state index in [1.54, 1.807) is 18.2 Å². The Balaban J connectivity index is 1.60. The minimum Gasteiger partial charge on any atom is -0.481 e. The molecule has 0 aromatic heterocycles. The van der Waals surface area contributed by atoms with Gasteiger partial charge in [-0.2, -0.15) is 4.31 Å². The first-order valence-electron chi connectivity index (χ1n) is 8.45. The quantitative estimate of drug-likeness (QED) is 0.621. The van der Waals surface area contributed by atoms with Crippen molar-refractivity contribution >= 4 is 60.7 Å². The molecule has 0 atom stereocenters. The molecule has 2 aromatic carbocycles. The van der Waals surface area contributed by atoms with Gasteiger partial charge in [0.15, 0.2) is 12.4 Å². The van der Waals surface area contributed by atoms with E-state index in [-0.39, 0.29) is 16.5 Å². The largest absolute Gasteiger partial charge is 0.481 e. The number of carbonyl (C=O) groups is 1. The molecule has 150 valence electrons. The van der Waals surface area contributed by atoms with E-state index in [0.29, 0.717) is 34.0 Å². The highest BCUT2D eigenvalue weighted by molar-refractivity contribution is 9.10. The Bertz CT molecular complexity index is 955. The van der Waals surface area contributed by atoms with Crippen molar-refractivity contribution in [3.63, 3.8) is 0 Å². The number of halogens is 3. The monoisotopic (exact) mass is 506 g/mol. The second-order valence-electron chi connectivity index (χ2n) is 6.17. The Morgan fingerprint density at radius 1 is 1.14 bits per heavy atom. The number of sulfonamides is 1. The summed E-state index contributed by atoms with van der Waals surface area (Å²) in [5, 5.41) is 3.38. The van der Waals surface area contributed by atoms with Crippen molar-refractivity contribution in [2.24, 2.45) is 0 Å². The number of amides is 1. The van der Waals surface area contributed by atoms with E-state index in [4.69, 9.17) is 27.9 Å². The zero-order valence-corrected chi connectivity index (χ0v) is 18.5. The molecule has 1 amide bonds. The molecule has 0 saturated carbocycles. The van der Waals surface area contributed by atoms with E-state index in [0.717, 1.165) is 12.8 Å². The number of ether oxygens (including phenoxy) is 1. The Hall–Kier alpha value is -1.32. The molecule has 1 saturated heterocycles. The van der Waals surface area contributed by atoms with E-state index in [1.807, 2.05) is 0 Å². The summed E-state index contributed by atoms with van der Waals surface area (Å²) in [5.74, 6) is -0.0960. The van der Waals surface area contributed by atoms with Crippen LogP contribution in [0.15, 0.2) is 45.8 Å². The Labute approximate surface area is 181 Å². The molecule has 0 unspecified atom stereocenters. The van der Waals surface area contributed by atoms with Crippen LogP contribution < -0.4 is 10.1 Å². The van der Waals surface area contributed by atoms with Crippen LogP contribution in [0.25, 0.3) is 0 Å². The van der Waals surface area contributed by atoms with Crippen molar-refractivity contribution in [1.29, 1.82) is 0 Å². The lowest BCUT2D eigenvalue weighted by atomic mass is 10.3. The summed E-state index contributed by atoms with van der Waals surface area (Å²) < 4.78 is 32.5. The molecular weight excluding hydrogens is 491 g/mol. The maximum atomic E-state index is 12.5. The van der Waals surface area contributed by atoms with Crippen LogP contribution in [0.2, 0.25) is 10.0 Å². The number of hydrogen-bond donors (Lipinski definition) is 1. The normalized spacial score (nSPS) is 14.8. The Kier molecular flexibility index (Phi) is 6.88. The molecule has 1 fully saturated rings. The lowest BCUT2D eigenvalue weighted by Crippen LogP contribution is -2.27. The number of hydrogen-bond acceptors (Lipinski definition) is 4. The average Bonchev–Trinajstić information content (AvgIpc) is 3.17. The van der Waals surface area contributed by atoms with E-state index < -0.39 is 15.9 Å². The van der Waals surface area contributed by atoms with Crippen molar-refractivity contribution < 1.29 is 17.9 Å². The van der Waals surface area contributed by atoms with Crippen LogP contribution in [0.4, 0.5) is 5.69 Å². The van der Waals surface area contributed by atoms with Gasteiger partial charge in [-0.05, 0) is 65.2 Å². The van der Waals surface area contributed by atoms with Crippen LogP contribution in [-0.4, -0.2) is 38.3 Å². The number of carbonyl (C=O) groups excluding carboxylic acids is 1. The molecule has 1 aliphatic heterocycles. The van der Waals surface area contributed by atoms with Crippen LogP contribution >= 0.6 is 39.1 Å². The zero-order valence-electron chi connectivity index (χ0n) is 14.6. The standard InChI is InChI=1S/C18H17BrCl2N2O4S/c19-15-9-12(20)10-16(21)18(15)27-11-17(24)22-13-3-5-14(6-4-13)28(25,26)23-7-1-2-8-23/h3-6,9-10H,1-2,7-8,11H2,(H,22,24). The molecule has 3 rings (SSSR count). The molecule has 1 aliphatic rings. The Morgan fingerprint density at radius 3 is 2.39 bits per heavy atom. The minimum absolute atomic E-state index is 0.209. The summed E-state index contributed by atoms with van der Waals surface area (Å²) in [6.45, 7) is 0.815. The second kappa shape index (κ2) is 9.00. The number of rotatable bonds is 6. The van der Waals surface area contributed by atoms with Crippen LogP contribution in [-0.2, 0) is 14.8 Å². The van der Waals surface area contributed by atoms with Gasteiger partial charge in [0.25, 0.3) is 5.91 Å². The number of nitrogens with zero attached hydrogens (tertiary/aromatic N) is 1. The summed E-state index contributed by atoms with van der Waals surface area (Å²) in [5.41, 5.74) is 0.468. The highest BCUT2D eigenvalue weighted by atomic mass is 79.9. The maximum Gasteiger partial charge on any atom is 0.262 e. The number of anilines is 1. The first-order chi connectivity index (χ1) is 13.3. The van der Waals surface area contributed by atoms with Crippen molar-refractivity contribution in [3.05, 3.63) is 50.9 Å². The summed E-state index contributed by atoms with van der Waals surface area (Å²) in [4.78, 5) is 12.3. The molecule has 1 heterocycles. The van der Waals surface area contributed by atoms with Gasteiger partial charge in [-0.15, -0.1) is 0 Å². The predicted octanol–water partition coefficient (Wildman–Crippen LogP) is 4.56. The van der Waals surface area contributed by atoms with Crippen molar-refractivity contribution in [2.45, 2.75) is 17.7 Å². The van der Waals surface area contributed by atoms with E-state index in [1.165, 1.54) is 22.5 Å². The lowest BCUT2D eigenvalue weighted by molar-refractivity contribution is -0.118. The molecule has 2 aromatic rings. The molecule has 28 heavy (non-hydrogen) atoms.